The largest absolute Gasteiger partial charge is 0.397 e. The molecular formula is C13H13N3O3S. The van der Waals surface area contributed by atoms with Gasteiger partial charge in [0.15, 0.2) is 0 Å². The van der Waals surface area contributed by atoms with E-state index in [0.29, 0.717) is 11.4 Å². The van der Waals surface area contributed by atoms with Crippen LogP contribution in [0.5, 0.6) is 0 Å². The van der Waals surface area contributed by atoms with Gasteiger partial charge in [0.2, 0.25) is 5.91 Å². The molecule has 0 aliphatic heterocycles. The Morgan fingerprint density at radius 1 is 1.00 bits per heavy atom. The normalized spacial score (nSPS) is 11.0. The summed E-state index contributed by atoms with van der Waals surface area (Å²) in [5, 5.41) is 0. The highest BCUT2D eigenvalue weighted by Crippen LogP contribution is 2.21. The van der Waals surface area contributed by atoms with Crippen molar-refractivity contribution in [3.8, 4) is 0 Å². The first kappa shape index (κ1) is 13.9. The number of benzene rings is 2. The van der Waals surface area contributed by atoms with E-state index in [-0.39, 0.29) is 10.5 Å². The van der Waals surface area contributed by atoms with Crippen LogP contribution in [0.2, 0.25) is 0 Å². The van der Waals surface area contributed by atoms with Gasteiger partial charge in [-0.05, 0) is 36.4 Å². The minimum absolute atomic E-state index is 0.0192. The number of carbonyl (C=O) groups excluding carboxylic acids is 1. The summed E-state index contributed by atoms with van der Waals surface area (Å²) >= 11 is 0. The fourth-order valence-electron chi connectivity index (χ4n) is 1.59. The maximum Gasteiger partial charge on any atom is 0.261 e. The molecule has 0 atom stereocenters. The molecule has 0 fully saturated rings. The van der Waals surface area contributed by atoms with Crippen LogP contribution in [0.25, 0.3) is 0 Å². The molecule has 0 aromatic heterocycles. The van der Waals surface area contributed by atoms with Gasteiger partial charge in [0.05, 0.1) is 16.3 Å². The molecule has 5 N–H and O–H groups in total. The van der Waals surface area contributed by atoms with E-state index < -0.39 is 15.9 Å². The van der Waals surface area contributed by atoms with Crippen LogP contribution in [0.1, 0.15) is 10.4 Å². The van der Waals surface area contributed by atoms with Crippen LogP contribution in [-0.2, 0) is 10.0 Å². The summed E-state index contributed by atoms with van der Waals surface area (Å²) < 4.78 is 26.7. The average molecular weight is 291 g/mol. The predicted octanol–water partition coefficient (Wildman–Crippen LogP) is 1.17. The lowest BCUT2D eigenvalue weighted by Crippen LogP contribution is -2.15. The monoisotopic (exact) mass is 291 g/mol. The van der Waals surface area contributed by atoms with Gasteiger partial charge in [-0.2, -0.15) is 0 Å². The number of amides is 1. The van der Waals surface area contributed by atoms with Crippen molar-refractivity contribution in [1.82, 2.24) is 0 Å². The van der Waals surface area contributed by atoms with Crippen LogP contribution < -0.4 is 16.2 Å². The smallest absolute Gasteiger partial charge is 0.261 e. The Balaban J connectivity index is 2.31. The summed E-state index contributed by atoms with van der Waals surface area (Å²) in [7, 11) is -3.76. The second kappa shape index (κ2) is 5.22. The van der Waals surface area contributed by atoms with Gasteiger partial charge in [0.25, 0.3) is 10.0 Å². The van der Waals surface area contributed by atoms with Crippen molar-refractivity contribution in [3.63, 3.8) is 0 Å². The fourth-order valence-corrected chi connectivity index (χ4v) is 2.68. The van der Waals surface area contributed by atoms with Gasteiger partial charge in [-0.3, -0.25) is 9.52 Å². The molecule has 104 valence electrons. The number of hydrogen-bond acceptors (Lipinski definition) is 4. The van der Waals surface area contributed by atoms with Crippen molar-refractivity contribution in [3.05, 3.63) is 54.1 Å². The van der Waals surface area contributed by atoms with Crippen LogP contribution in [-0.4, -0.2) is 14.3 Å². The first-order valence-corrected chi connectivity index (χ1v) is 7.15. The van der Waals surface area contributed by atoms with E-state index in [4.69, 9.17) is 11.5 Å². The van der Waals surface area contributed by atoms with Crippen LogP contribution >= 0.6 is 0 Å². The molecule has 1 amide bonds. The number of para-hydroxylation sites is 2. The van der Waals surface area contributed by atoms with Gasteiger partial charge in [-0.25, -0.2) is 8.42 Å². The van der Waals surface area contributed by atoms with Gasteiger partial charge >= 0.3 is 0 Å². The molecule has 0 spiro atoms. The van der Waals surface area contributed by atoms with Crippen molar-refractivity contribution in [1.29, 1.82) is 0 Å². The molecule has 0 radical (unpaired) electrons. The molecule has 2 aromatic carbocycles. The van der Waals surface area contributed by atoms with E-state index in [1.165, 1.54) is 24.3 Å². The molecule has 7 heteroatoms. The minimum Gasteiger partial charge on any atom is -0.397 e. The van der Waals surface area contributed by atoms with E-state index in [0.717, 1.165) is 0 Å². The van der Waals surface area contributed by atoms with Gasteiger partial charge in [-0.15, -0.1) is 0 Å². The first-order valence-electron chi connectivity index (χ1n) is 5.67. The van der Waals surface area contributed by atoms with Gasteiger partial charge < -0.3 is 11.5 Å². The summed E-state index contributed by atoms with van der Waals surface area (Å²) in [5.74, 6) is -0.616. The Bertz CT molecular complexity index is 740. The highest BCUT2D eigenvalue weighted by atomic mass is 32.2. The van der Waals surface area contributed by atoms with Crippen molar-refractivity contribution in [2.45, 2.75) is 4.90 Å². The number of rotatable bonds is 4. The highest BCUT2D eigenvalue weighted by Gasteiger charge is 2.15. The number of carbonyl (C=O) groups is 1. The quantitative estimate of drug-likeness (QED) is 0.733. The summed E-state index contributed by atoms with van der Waals surface area (Å²) in [6, 6.07) is 11.8. The van der Waals surface area contributed by atoms with E-state index in [2.05, 4.69) is 4.72 Å². The molecule has 0 saturated heterocycles. The molecule has 20 heavy (non-hydrogen) atoms. The molecule has 0 bridgehead atoms. The molecule has 2 aromatic rings. The summed E-state index contributed by atoms with van der Waals surface area (Å²) in [6.45, 7) is 0. The third-order valence-corrected chi connectivity index (χ3v) is 4.04. The first-order chi connectivity index (χ1) is 9.40. The van der Waals surface area contributed by atoms with Crippen LogP contribution in [0.3, 0.4) is 0 Å². The third kappa shape index (κ3) is 2.89. The molecule has 0 heterocycles. The topological polar surface area (TPSA) is 115 Å². The molecule has 6 nitrogen and oxygen atoms in total. The lowest BCUT2D eigenvalue weighted by molar-refractivity contribution is 0.1000. The Labute approximate surface area is 116 Å². The van der Waals surface area contributed by atoms with E-state index in [1.807, 2.05) is 0 Å². The Morgan fingerprint density at radius 2 is 1.60 bits per heavy atom. The number of nitrogens with one attached hydrogen (secondary N) is 1. The Hall–Kier alpha value is -2.54. The van der Waals surface area contributed by atoms with Crippen molar-refractivity contribution in [2.75, 3.05) is 10.5 Å². The van der Waals surface area contributed by atoms with Crippen molar-refractivity contribution >= 4 is 27.3 Å². The van der Waals surface area contributed by atoms with E-state index in [9.17, 15) is 13.2 Å². The molecule has 0 saturated carbocycles. The number of nitrogens with two attached hydrogens (primary N) is 2. The van der Waals surface area contributed by atoms with Crippen LogP contribution in [0.15, 0.2) is 53.4 Å². The lowest BCUT2D eigenvalue weighted by Gasteiger charge is -2.10. The standard InChI is InChI=1S/C13H13N3O3S/c14-11-3-1-2-4-12(11)16-20(18,19)10-7-5-9(6-8-10)13(15)17/h1-8,16H,14H2,(H2,15,17). The van der Waals surface area contributed by atoms with Crippen LogP contribution in [0.4, 0.5) is 11.4 Å². The number of nitrogen functional groups attached to an aromatic ring is 1. The summed E-state index contributed by atoms with van der Waals surface area (Å²) in [6.07, 6.45) is 0. The van der Waals surface area contributed by atoms with Crippen molar-refractivity contribution < 1.29 is 13.2 Å². The van der Waals surface area contributed by atoms with Crippen LogP contribution in [0, 0.1) is 0 Å². The average Bonchev–Trinajstić information content (AvgIpc) is 2.41. The van der Waals surface area contributed by atoms with Gasteiger partial charge in [0, 0.05) is 5.56 Å². The highest BCUT2D eigenvalue weighted by molar-refractivity contribution is 7.92. The number of anilines is 2. The number of hydrogen-bond donors (Lipinski definition) is 3. The molecule has 2 rings (SSSR count). The van der Waals surface area contributed by atoms with Gasteiger partial charge in [0.1, 0.15) is 0 Å². The molecular weight excluding hydrogens is 278 g/mol. The Kier molecular flexibility index (Phi) is 3.62. The molecule has 0 aliphatic carbocycles. The zero-order valence-corrected chi connectivity index (χ0v) is 11.2. The van der Waals surface area contributed by atoms with Crippen molar-refractivity contribution in [2.24, 2.45) is 5.73 Å². The Morgan fingerprint density at radius 3 is 2.15 bits per heavy atom. The SMILES string of the molecule is NC(=O)c1ccc(S(=O)(=O)Nc2ccccc2N)cc1. The lowest BCUT2D eigenvalue weighted by atomic mass is 10.2. The zero-order valence-electron chi connectivity index (χ0n) is 10.4. The fraction of sp³-hybridized carbons (Fsp3) is 0. The number of sulfonamides is 1. The summed E-state index contributed by atoms with van der Waals surface area (Å²) in [4.78, 5) is 11.0. The molecule has 0 aliphatic rings. The van der Waals surface area contributed by atoms with Gasteiger partial charge in [-0.1, -0.05) is 12.1 Å². The maximum atomic E-state index is 12.2. The maximum absolute atomic E-state index is 12.2. The van der Waals surface area contributed by atoms with E-state index in [1.54, 1.807) is 24.3 Å². The minimum atomic E-state index is -3.76. The third-order valence-electron chi connectivity index (χ3n) is 2.65. The second-order valence-electron chi connectivity index (χ2n) is 4.08. The molecule has 0 unspecified atom stereocenters. The van der Waals surface area contributed by atoms with E-state index >= 15 is 0 Å². The number of primary amides is 1. The predicted molar refractivity (Wildman–Crippen MR) is 76.6 cm³/mol. The second-order valence-corrected chi connectivity index (χ2v) is 5.76. The summed E-state index contributed by atoms with van der Waals surface area (Å²) in [5.41, 5.74) is 11.6. The zero-order chi connectivity index (χ0) is 14.8.